The molecule has 2 aromatic heterocycles. The first-order chi connectivity index (χ1) is 7.34. The second kappa shape index (κ2) is 5.39. The maximum Gasteiger partial charge on any atom is 0.213 e. The van der Waals surface area contributed by atoms with Crippen LogP contribution in [0.3, 0.4) is 0 Å². The fourth-order valence-electron chi connectivity index (χ4n) is 1.16. The third kappa shape index (κ3) is 3.40. The van der Waals surface area contributed by atoms with Crippen LogP contribution < -0.4 is 5.32 Å². The van der Waals surface area contributed by atoms with Crippen molar-refractivity contribution in [1.29, 1.82) is 0 Å². The van der Waals surface area contributed by atoms with Crippen molar-refractivity contribution in [2.24, 2.45) is 0 Å². The van der Waals surface area contributed by atoms with E-state index in [4.69, 9.17) is 0 Å². The molecule has 2 rings (SSSR count). The monoisotopic (exact) mass is 287 g/mol. The van der Waals surface area contributed by atoms with Gasteiger partial charge in [0.1, 0.15) is 0 Å². The van der Waals surface area contributed by atoms with E-state index in [0.29, 0.717) is 0 Å². The lowest BCUT2D eigenvalue weighted by Crippen LogP contribution is -2.16. The van der Waals surface area contributed by atoms with E-state index in [-0.39, 0.29) is 0 Å². The molecule has 2 heterocycles. The van der Waals surface area contributed by atoms with Crippen LogP contribution in [0, 0.1) is 0 Å². The third-order valence-electron chi connectivity index (χ3n) is 1.85. The highest BCUT2D eigenvalue weighted by atomic mass is 79.9. The van der Waals surface area contributed by atoms with Crippen molar-refractivity contribution in [1.82, 2.24) is 15.5 Å². The van der Waals surface area contributed by atoms with E-state index < -0.39 is 0 Å². The zero-order valence-corrected chi connectivity index (χ0v) is 10.3. The predicted octanol–water partition coefficient (Wildman–Crippen LogP) is 2.23. The first-order valence-corrected chi connectivity index (χ1v) is 6.21. The van der Waals surface area contributed by atoms with E-state index in [9.17, 15) is 0 Å². The van der Waals surface area contributed by atoms with E-state index in [2.05, 4.69) is 47.4 Å². The summed E-state index contributed by atoms with van der Waals surface area (Å²) in [7, 11) is 0. The molecule has 4 nitrogen and oxygen atoms in total. The van der Waals surface area contributed by atoms with Crippen molar-refractivity contribution in [3.05, 3.63) is 33.0 Å². The van der Waals surface area contributed by atoms with Crippen molar-refractivity contribution in [3.63, 3.8) is 0 Å². The molecule has 0 spiro atoms. The number of nitrogens with one attached hydrogen (secondary N) is 1. The molecule has 80 valence electrons. The summed E-state index contributed by atoms with van der Waals surface area (Å²) in [5, 5.41) is 9.13. The van der Waals surface area contributed by atoms with Gasteiger partial charge in [-0.3, -0.25) is 0 Å². The molecule has 15 heavy (non-hydrogen) atoms. The van der Waals surface area contributed by atoms with Gasteiger partial charge in [-0.05, 0) is 22.0 Å². The molecule has 0 unspecified atom stereocenters. The van der Waals surface area contributed by atoms with Crippen LogP contribution in [0.15, 0.2) is 26.8 Å². The molecule has 0 amide bonds. The number of nitrogens with zero attached hydrogens (tertiary/aromatic N) is 2. The Morgan fingerprint density at radius 3 is 3.13 bits per heavy atom. The minimum absolute atomic E-state index is 0.745. The largest absolute Gasteiger partial charge is 0.343 e. The van der Waals surface area contributed by atoms with Crippen LogP contribution in [-0.4, -0.2) is 16.7 Å². The molecule has 0 bridgehead atoms. The second-order valence-corrected chi connectivity index (χ2v) is 4.92. The summed E-state index contributed by atoms with van der Waals surface area (Å²) in [6.45, 7) is 1.74. The normalized spacial score (nSPS) is 10.7. The number of rotatable bonds is 5. The minimum atomic E-state index is 0.745. The summed E-state index contributed by atoms with van der Waals surface area (Å²) in [5.74, 6) is 0.745. The Labute approximate surface area is 99.8 Å². The summed E-state index contributed by atoms with van der Waals surface area (Å²) < 4.78 is 5.78. The van der Waals surface area contributed by atoms with Crippen LogP contribution in [-0.2, 0) is 13.0 Å². The molecule has 6 heteroatoms. The molecular formula is C9H10BrN3OS. The van der Waals surface area contributed by atoms with Gasteiger partial charge in [-0.15, -0.1) is 11.3 Å². The van der Waals surface area contributed by atoms with Crippen LogP contribution in [0.2, 0.25) is 0 Å². The van der Waals surface area contributed by atoms with Gasteiger partial charge in [0.2, 0.25) is 6.39 Å². The number of aromatic nitrogens is 2. The van der Waals surface area contributed by atoms with Gasteiger partial charge in [0.05, 0.1) is 0 Å². The molecular weight excluding hydrogens is 278 g/mol. The summed E-state index contributed by atoms with van der Waals surface area (Å²) in [6, 6.07) is 2.12. The van der Waals surface area contributed by atoms with Crippen LogP contribution in [0.5, 0.6) is 0 Å². The van der Waals surface area contributed by atoms with Crippen LogP contribution >= 0.6 is 27.3 Å². The van der Waals surface area contributed by atoms with E-state index in [1.165, 1.54) is 11.3 Å². The summed E-state index contributed by atoms with van der Waals surface area (Å²) in [6.07, 6.45) is 2.15. The third-order valence-corrected chi connectivity index (χ3v) is 3.55. The fraction of sp³-hybridized carbons (Fsp3) is 0.333. The molecule has 0 aliphatic heterocycles. The van der Waals surface area contributed by atoms with Gasteiger partial charge in [0, 0.05) is 34.2 Å². The van der Waals surface area contributed by atoms with Crippen molar-refractivity contribution >= 4 is 27.3 Å². The average molecular weight is 288 g/mol. The Hall–Kier alpha value is -0.720. The standard InChI is InChI=1S/C9H10BrN3OS/c10-7-3-8(15-5-7)4-11-2-1-9-12-6-14-13-9/h3,5-6,11H,1-2,4H2. The van der Waals surface area contributed by atoms with E-state index in [1.54, 1.807) is 11.3 Å². The Morgan fingerprint density at radius 1 is 1.53 bits per heavy atom. The Balaban J connectivity index is 1.67. The Bertz CT molecular complexity index is 401. The predicted molar refractivity (Wildman–Crippen MR) is 61.7 cm³/mol. The lowest BCUT2D eigenvalue weighted by molar-refractivity contribution is 0.409. The van der Waals surface area contributed by atoms with Crippen molar-refractivity contribution in [2.45, 2.75) is 13.0 Å². The molecule has 0 fully saturated rings. The SMILES string of the molecule is Brc1csc(CNCCc2ncon2)c1. The van der Waals surface area contributed by atoms with Gasteiger partial charge in [0.15, 0.2) is 5.82 Å². The van der Waals surface area contributed by atoms with Gasteiger partial charge in [-0.1, -0.05) is 5.16 Å². The first-order valence-electron chi connectivity index (χ1n) is 4.53. The smallest absolute Gasteiger partial charge is 0.213 e. The zero-order valence-electron chi connectivity index (χ0n) is 7.94. The van der Waals surface area contributed by atoms with Crippen molar-refractivity contribution in [3.8, 4) is 0 Å². The molecule has 2 aromatic rings. The summed E-state index contributed by atoms with van der Waals surface area (Å²) in [5.41, 5.74) is 0. The molecule has 0 aromatic carbocycles. The average Bonchev–Trinajstić information content (AvgIpc) is 2.84. The maximum atomic E-state index is 4.64. The fourth-order valence-corrected chi connectivity index (χ4v) is 2.58. The van der Waals surface area contributed by atoms with Crippen molar-refractivity contribution in [2.75, 3.05) is 6.54 Å². The second-order valence-electron chi connectivity index (χ2n) is 3.01. The first kappa shape index (κ1) is 10.8. The minimum Gasteiger partial charge on any atom is -0.343 e. The quantitative estimate of drug-likeness (QED) is 0.857. The Kier molecular flexibility index (Phi) is 3.87. The number of thiophene rings is 1. The number of hydrogen-bond acceptors (Lipinski definition) is 5. The zero-order chi connectivity index (χ0) is 10.5. The van der Waals surface area contributed by atoms with Crippen LogP contribution in [0.25, 0.3) is 0 Å². The van der Waals surface area contributed by atoms with Gasteiger partial charge >= 0.3 is 0 Å². The molecule has 0 aliphatic rings. The molecule has 0 radical (unpaired) electrons. The maximum absolute atomic E-state index is 4.64. The van der Waals surface area contributed by atoms with Crippen LogP contribution in [0.4, 0.5) is 0 Å². The van der Waals surface area contributed by atoms with E-state index in [1.807, 2.05) is 0 Å². The van der Waals surface area contributed by atoms with Gasteiger partial charge in [0.25, 0.3) is 0 Å². The van der Waals surface area contributed by atoms with Gasteiger partial charge < -0.3 is 9.84 Å². The number of halogens is 1. The van der Waals surface area contributed by atoms with Crippen LogP contribution in [0.1, 0.15) is 10.7 Å². The van der Waals surface area contributed by atoms with E-state index in [0.717, 1.165) is 29.8 Å². The topological polar surface area (TPSA) is 51.0 Å². The molecule has 0 saturated carbocycles. The molecule has 1 N–H and O–H groups in total. The molecule has 0 saturated heterocycles. The van der Waals surface area contributed by atoms with E-state index >= 15 is 0 Å². The number of hydrogen-bond donors (Lipinski definition) is 1. The van der Waals surface area contributed by atoms with Gasteiger partial charge in [-0.2, -0.15) is 4.98 Å². The highest BCUT2D eigenvalue weighted by molar-refractivity contribution is 9.10. The summed E-state index contributed by atoms with van der Waals surface area (Å²) in [4.78, 5) is 5.26. The molecule has 0 aliphatic carbocycles. The molecule has 0 atom stereocenters. The highest BCUT2D eigenvalue weighted by Crippen LogP contribution is 2.19. The Morgan fingerprint density at radius 2 is 2.47 bits per heavy atom. The lowest BCUT2D eigenvalue weighted by atomic mass is 10.4. The lowest BCUT2D eigenvalue weighted by Gasteiger charge is -1.99. The summed E-state index contributed by atoms with van der Waals surface area (Å²) >= 11 is 5.16. The highest BCUT2D eigenvalue weighted by Gasteiger charge is 1.99. The van der Waals surface area contributed by atoms with Gasteiger partial charge in [-0.25, -0.2) is 0 Å². The van der Waals surface area contributed by atoms with Crippen molar-refractivity contribution < 1.29 is 4.52 Å².